The third-order valence-electron chi connectivity index (χ3n) is 3.76. The van der Waals surface area contributed by atoms with Gasteiger partial charge in [-0.3, -0.25) is 4.79 Å². The van der Waals surface area contributed by atoms with E-state index in [0.717, 1.165) is 23.6 Å². The number of benzene rings is 2. The highest BCUT2D eigenvalue weighted by Crippen LogP contribution is 2.29. The lowest BCUT2D eigenvalue weighted by Gasteiger charge is -2.15. The second-order valence-electron chi connectivity index (χ2n) is 5.26. The van der Waals surface area contributed by atoms with Gasteiger partial charge in [-0.05, 0) is 35.7 Å². The summed E-state index contributed by atoms with van der Waals surface area (Å²) in [7, 11) is 0. The molecule has 4 heteroatoms. The third kappa shape index (κ3) is 2.47. The molecule has 1 fully saturated rings. The van der Waals surface area contributed by atoms with E-state index in [-0.39, 0.29) is 12.2 Å². The Morgan fingerprint density at radius 2 is 2.05 bits per heavy atom. The first-order chi connectivity index (χ1) is 9.63. The van der Waals surface area contributed by atoms with E-state index in [1.54, 1.807) is 6.07 Å². The monoisotopic (exact) mass is 271 g/mol. The number of hydrogen-bond acceptors (Lipinski definition) is 3. The predicted octanol–water partition coefficient (Wildman–Crippen LogP) is 2.23. The van der Waals surface area contributed by atoms with Gasteiger partial charge in [0.05, 0.1) is 11.7 Å². The molecule has 20 heavy (non-hydrogen) atoms. The first kappa shape index (κ1) is 12.9. The molecule has 0 radical (unpaired) electrons. The van der Waals surface area contributed by atoms with Gasteiger partial charge in [-0.1, -0.05) is 24.3 Å². The van der Waals surface area contributed by atoms with Crippen LogP contribution in [0.15, 0.2) is 36.4 Å². The van der Waals surface area contributed by atoms with E-state index >= 15 is 0 Å². The molecule has 1 saturated carbocycles. The van der Waals surface area contributed by atoms with Gasteiger partial charge in [0.25, 0.3) is 0 Å². The van der Waals surface area contributed by atoms with Crippen LogP contribution < -0.4 is 10.5 Å². The highest BCUT2D eigenvalue weighted by Gasteiger charge is 2.24. The number of nitrogens with two attached hydrogens (primary N) is 1. The van der Waals surface area contributed by atoms with Crippen LogP contribution in [0.4, 0.5) is 0 Å². The van der Waals surface area contributed by atoms with E-state index in [4.69, 9.17) is 10.5 Å². The van der Waals surface area contributed by atoms with Gasteiger partial charge in [-0.2, -0.15) is 0 Å². The van der Waals surface area contributed by atoms with E-state index < -0.39 is 5.91 Å². The summed E-state index contributed by atoms with van der Waals surface area (Å²) >= 11 is 0. The molecule has 0 heterocycles. The van der Waals surface area contributed by atoms with Gasteiger partial charge in [-0.25, -0.2) is 0 Å². The fourth-order valence-corrected chi connectivity index (χ4v) is 2.77. The largest absolute Gasteiger partial charge is 0.490 e. The van der Waals surface area contributed by atoms with E-state index in [1.165, 1.54) is 0 Å². The van der Waals surface area contributed by atoms with E-state index in [9.17, 15) is 9.90 Å². The minimum Gasteiger partial charge on any atom is -0.490 e. The SMILES string of the molecule is NC(=O)c1cc(OC2CCC(O)C2)cc2ccccc12. The Hall–Kier alpha value is -2.07. The van der Waals surface area contributed by atoms with Gasteiger partial charge >= 0.3 is 0 Å². The average molecular weight is 271 g/mol. The van der Waals surface area contributed by atoms with Crippen LogP contribution in [0, 0.1) is 0 Å². The summed E-state index contributed by atoms with van der Waals surface area (Å²) in [6, 6.07) is 11.2. The molecule has 3 rings (SSSR count). The highest BCUT2D eigenvalue weighted by atomic mass is 16.5. The van der Waals surface area contributed by atoms with Crippen molar-refractivity contribution in [3.05, 3.63) is 42.0 Å². The highest BCUT2D eigenvalue weighted by molar-refractivity contribution is 6.07. The number of hydrogen-bond donors (Lipinski definition) is 2. The summed E-state index contributed by atoms with van der Waals surface area (Å²) in [4.78, 5) is 11.6. The minimum atomic E-state index is -0.460. The van der Waals surface area contributed by atoms with Gasteiger partial charge < -0.3 is 15.6 Å². The van der Waals surface area contributed by atoms with Crippen LogP contribution in [0.5, 0.6) is 5.75 Å². The Bertz CT molecular complexity index is 653. The lowest BCUT2D eigenvalue weighted by molar-refractivity contribution is 0.100. The zero-order chi connectivity index (χ0) is 14.1. The summed E-state index contributed by atoms with van der Waals surface area (Å²) in [5.74, 6) is 0.176. The first-order valence-electron chi connectivity index (χ1n) is 6.81. The van der Waals surface area contributed by atoms with Crippen molar-refractivity contribution in [2.75, 3.05) is 0 Å². The molecule has 1 aliphatic rings. The second-order valence-corrected chi connectivity index (χ2v) is 5.26. The summed E-state index contributed by atoms with van der Waals surface area (Å²) in [6.45, 7) is 0. The van der Waals surface area contributed by atoms with Crippen LogP contribution in [0.1, 0.15) is 29.6 Å². The zero-order valence-electron chi connectivity index (χ0n) is 11.1. The minimum absolute atomic E-state index is 0.00638. The van der Waals surface area contributed by atoms with E-state index in [2.05, 4.69) is 0 Å². The molecule has 2 unspecified atom stereocenters. The maximum atomic E-state index is 11.6. The fourth-order valence-electron chi connectivity index (χ4n) is 2.77. The topological polar surface area (TPSA) is 72.6 Å². The molecule has 2 aromatic rings. The molecule has 0 spiro atoms. The molecule has 3 N–H and O–H groups in total. The second kappa shape index (κ2) is 5.13. The molecule has 4 nitrogen and oxygen atoms in total. The van der Waals surface area contributed by atoms with E-state index in [0.29, 0.717) is 17.7 Å². The number of aliphatic hydroxyl groups is 1. The fraction of sp³-hybridized carbons (Fsp3) is 0.312. The average Bonchev–Trinajstić information content (AvgIpc) is 2.83. The molecule has 0 bridgehead atoms. The lowest BCUT2D eigenvalue weighted by Crippen LogP contribution is -2.15. The number of carbonyl (C=O) groups is 1. The van der Waals surface area contributed by atoms with Crippen LogP contribution in [-0.2, 0) is 0 Å². The predicted molar refractivity (Wildman–Crippen MR) is 76.7 cm³/mol. The number of ether oxygens (including phenoxy) is 1. The number of amides is 1. The summed E-state index contributed by atoms with van der Waals surface area (Å²) in [6.07, 6.45) is 1.96. The third-order valence-corrected chi connectivity index (χ3v) is 3.76. The molecule has 0 aliphatic heterocycles. The normalized spacial score (nSPS) is 22.1. The molecule has 0 aromatic heterocycles. The van der Waals surface area contributed by atoms with Crippen molar-refractivity contribution in [1.29, 1.82) is 0 Å². The molecule has 2 aromatic carbocycles. The molecule has 1 amide bonds. The van der Waals surface area contributed by atoms with Gasteiger partial charge in [0.2, 0.25) is 5.91 Å². The number of carbonyl (C=O) groups excluding carboxylic acids is 1. The number of rotatable bonds is 3. The van der Waals surface area contributed by atoms with E-state index in [1.807, 2.05) is 30.3 Å². The maximum Gasteiger partial charge on any atom is 0.249 e. The Morgan fingerprint density at radius 3 is 2.75 bits per heavy atom. The van der Waals surface area contributed by atoms with Crippen LogP contribution in [-0.4, -0.2) is 23.2 Å². The van der Waals surface area contributed by atoms with Crippen molar-refractivity contribution < 1.29 is 14.6 Å². The molecular formula is C16H17NO3. The van der Waals surface area contributed by atoms with Crippen LogP contribution in [0.2, 0.25) is 0 Å². The van der Waals surface area contributed by atoms with Crippen LogP contribution >= 0.6 is 0 Å². The quantitative estimate of drug-likeness (QED) is 0.899. The van der Waals surface area contributed by atoms with Crippen molar-refractivity contribution in [3.63, 3.8) is 0 Å². The van der Waals surface area contributed by atoms with Crippen LogP contribution in [0.3, 0.4) is 0 Å². The number of fused-ring (bicyclic) bond motifs is 1. The molecular weight excluding hydrogens is 254 g/mol. The van der Waals surface area contributed by atoms with Crippen molar-refractivity contribution in [2.45, 2.75) is 31.5 Å². The van der Waals surface area contributed by atoms with Crippen molar-refractivity contribution >= 4 is 16.7 Å². The Morgan fingerprint density at radius 1 is 1.25 bits per heavy atom. The standard InChI is InChI=1S/C16H17NO3/c17-16(19)15-9-13(20-12-6-5-11(18)8-12)7-10-3-1-2-4-14(10)15/h1-4,7,9,11-12,18H,5-6,8H2,(H2,17,19). The number of primary amides is 1. The molecule has 104 valence electrons. The molecule has 1 aliphatic carbocycles. The molecule has 0 saturated heterocycles. The number of aliphatic hydroxyl groups excluding tert-OH is 1. The Kier molecular flexibility index (Phi) is 3.32. The smallest absolute Gasteiger partial charge is 0.249 e. The van der Waals surface area contributed by atoms with Gasteiger partial charge in [0, 0.05) is 6.42 Å². The van der Waals surface area contributed by atoms with Crippen LogP contribution in [0.25, 0.3) is 10.8 Å². The summed E-state index contributed by atoms with van der Waals surface area (Å²) < 4.78 is 5.88. The maximum absolute atomic E-state index is 11.6. The Balaban J connectivity index is 1.97. The van der Waals surface area contributed by atoms with Crippen molar-refractivity contribution in [2.24, 2.45) is 5.73 Å². The van der Waals surface area contributed by atoms with Crippen molar-refractivity contribution in [1.82, 2.24) is 0 Å². The zero-order valence-corrected chi connectivity index (χ0v) is 11.1. The first-order valence-corrected chi connectivity index (χ1v) is 6.81. The van der Waals surface area contributed by atoms with Gasteiger partial charge in [-0.15, -0.1) is 0 Å². The summed E-state index contributed by atoms with van der Waals surface area (Å²) in [5, 5.41) is 11.3. The summed E-state index contributed by atoms with van der Waals surface area (Å²) in [5.41, 5.74) is 5.91. The molecule has 2 atom stereocenters. The van der Waals surface area contributed by atoms with Gasteiger partial charge in [0.15, 0.2) is 0 Å². The lowest BCUT2D eigenvalue weighted by atomic mass is 10.0. The van der Waals surface area contributed by atoms with Crippen molar-refractivity contribution in [3.8, 4) is 5.75 Å². The Labute approximate surface area is 117 Å². The van der Waals surface area contributed by atoms with Gasteiger partial charge in [0.1, 0.15) is 11.9 Å².